The molecule has 32 heavy (non-hydrogen) atoms. The molecule has 9 nitrogen and oxygen atoms in total. The molecule has 0 bridgehead atoms. The molecule has 170 valence electrons. The summed E-state index contributed by atoms with van der Waals surface area (Å²) in [7, 11) is 0. The molecule has 11 heteroatoms. The van der Waals surface area contributed by atoms with Crippen molar-refractivity contribution in [2.45, 2.75) is 46.3 Å². The summed E-state index contributed by atoms with van der Waals surface area (Å²) in [6, 6.07) is 6.28. The molecule has 0 aliphatic rings. The quantitative estimate of drug-likeness (QED) is 0.460. The molecule has 0 spiro atoms. The minimum absolute atomic E-state index is 0.157. The molecule has 1 unspecified atom stereocenters. The maximum atomic E-state index is 11.9. The van der Waals surface area contributed by atoms with Gasteiger partial charge in [0.25, 0.3) is 5.19 Å². The first-order valence-corrected chi connectivity index (χ1v) is 10.9. The molecule has 3 rings (SSSR count). The highest BCUT2D eigenvalue weighted by Crippen LogP contribution is 2.35. The molecular weight excluding hydrogens is 456 g/mol. The summed E-state index contributed by atoms with van der Waals surface area (Å²) >= 11 is 7.53. The number of nitrogens with zero attached hydrogens (tertiary/aromatic N) is 2. The van der Waals surface area contributed by atoms with Crippen LogP contribution in [0.2, 0.25) is 5.02 Å². The van der Waals surface area contributed by atoms with Crippen LogP contribution in [0.25, 0.3) is 10.6 Å². The molecule has 0 aliphatic carbocycles. The molecule has 3 aromatic rings. The number of benzene rings is 1. The topological polar surface area (TPSA) is 116 Å². The second-order valence-electron chi connectivity index (χ2n) is 7.90. The zero-order valence-corrected chi connectivity index (χ0v) is 19.8. The molecule has 2 heterocycles. The Balaban J connectivity index is 1.65. The molecule has 0 radical (unpaired) electrons. The van der Waals surface area contributed by atoms with Gasteiger partial charge in [-0.25, -0.2) is 9.78 Å². The molecule has 0 saturated heterocycles. The van der Waals surface area contributed by atoms with E-state index in [2.05, 4.69) is 20.8 Å². The summed E-state index contributed by atoms with van der Waals surface area (Å²) in [5.74, 6) is 0.826. The fraction of sp³-hybridized carbons (Fsp3) is 0.333. The summed E-state index contributed by atoms with van der Waals surface area (Å²) < 4.78 is 16.3. The first-order chi connectivity index (χ1) is 15.0. The van der Waals surface area contributed by atoms with Crippen molar-refractivity contribution in [3.8, 4) is 21.5 Å². The number of halogens is 1. The second-order valence-corrected chi connectivity index (χ2v) is 9.30. The first kappa shape index (κ1) is 23.6. The van der Waals surface area contributed by atoms with Crippen molar-refractivity contribution in [3.05, 3.63) is 41.2 Å². The number of aromatic nitrogens is 2. The van der Waals surface area contributed by atoms with Gasteiger partial charge in [0.1, 0.15) is 17.0 Å². The van der Waals surface area contributed by atoms with Gasteiger partial charge in [-0.1, -0.05) is 28.1 Å². The number of carbonyl (C=O) groups is 2. The summed E-state index contributed by atoms with van der Waals surface area (Å²) in [5.41, 5.74) is 0.366. The van der Waals surface area contributed by atoms with E-state index < -0.39 is 11.7 Å². The van der Waals surface area contributed by atoms with Gasteiger partial charge in [0, 0.05) is 19.1 Å². The number of amides is 2. The number of thiazole rings is 1. The monoisotopic (exact) mass is 478 g/mol. The van der Waals surface area contributed by atoms with Crippen molar-refractivity contribution in [1.29, 1.82) is 0 Å². The number of hydrogen-bond acceptors (Lipinski definition) is 8. The highest BCUT2D eigenvalue weighted by atomic mass is 35.5. The van der Waals surface area contributed by atoms with Crippen molar-refractivity contribution in [1.82, 2.24) is 15.5 Å². The van der Waals surface area contributed by atoms with E-state index in [1.54, 1.807) is 58.2 Å². The van der Waals surface area contributed by atoms with Crippen LogP contribution in [0.15, 0.2) is 35.0 Å². The zero-order chi connectivity index (χ0) is 23.5. The molecule has 2 N–H and O–H groups in total. The van der Waals surface area contributed by atoms with E-state index >= 15 is 0 Å². The van der Waals surface area contributed by atoms with Gasteiger partial charge in [-0.05, 0) is 39.8 Å². The van der Waals surface area contributed by atoms with Crippen LogP contribution in [0.4, 0.5) is 10.5 Å². The van der Waals surface area contributed by atoms with E-state index in [9.17, 15) is 9.59 Å². The number of hydrogen-bond donors (Lipinski definition) is 2. The Morgan fingerprint density at radius 3 is 2.66 bits per heavy atom. The Labute approximate surface area is 194 Å². The van der Waals surface area contributed by atoms with Crippen molar-refractivity contribution in [2.24, 2.45) is 0 Å². The average Bonchev–Trinajstić information content (AvgIpc) is 3.31. The van der Waals surface area contributed by atoms with Crippen LogP contribution in [0.1, 0.15) is 46.4 Å². The Hall–Kier alpha value is -3.11. The van der Waals surface area contributed by atoms with E-state index in [0.29, 0.717) is 33.1 Å². The maximum absolute atomic E-state index is 11.9. The Morgan fingerprint density at radius 1 is 1.25 bits per heavy atom. The third-order valence-corrected chi connectivity index (χ3v) is 5.10. The van der Waals surface area contributed by atoms with Gasteiger partial charge in [0.15, 0.2) is 5.76 Å². The number of ether oxygens (including phenoxy) is 2. The second kappa shape index (κ2) is 9.58. The standard InChI is InChI=1S/C21H23ClN4O5S/c1-11(24-12(2)27)17-9-16(26-31-17)18-10-23-20(32-18)29-13-6-7-15(14(22)8-13)25-19(28)30-21(3,4)5/h6-11H,1-5H3,(H,24,27)(H,25,28). The lowest BCUT2D eigenvalue weighted by Crippen LogP contribution is -2.27. The zero-order valence-electron chi connectivity index (χ0n) is 18.2. The van der Waals surface area contributed by atoms with Crippen LogP contribution in [-0.2, 0) is 9.53 Å². The molecule has 0 fully saturated rings. The van der Waals surface area contributed by atoms with Gasteiger partial charge in [0.05, 0.1) is 27.8 Å². The lowest BCUT2D eigenvalue weighted by Gasteiger charge is -2.20. The Bertz CT molecular complexity index is 1120. The van der Waals surface area contributed by atoms with Gasteiger partial charge in [-0.3, -0.25) is 10.1 Å². The molecule has 2 amide bonds. The van der Waals surface area contributed by atoms with Crippen LogP contribution in [0.3, 0.4) is 0 Å². The molecule has 0 saturated carbocycles. The van der Waals surface area contributed by atoms with Crippen LogP contribution in [0, 0.1) is 0 Å². The number of rotatable bonds is 6. The number of anilines is 1. The summed E-state index contributed by atoms with van der Waals surface area (Å²) in [6.45, 7) is 8.57. The maximum Gasteiger partial charge on any atom is 0.412 e. The van der Waals surface area contributed by atoms with Crippen LogP contribution < -0.4 is 15.4 Å². The Kier molecular flexibility index (Phi) is 7.05. The summed E-state index contributed by atoms with van der Waals surface area (Å²) in [6.07, 6.45) is 1.02. The van der Waals surface area contributed by atoms with Gasteiger partial charge in [-0.15, -0.1) is 0 Å². The normalized spacial score (nSPS) is 12.2. The van der Waals surface area contributed by atoms with E-state index in [1.807, 2.05) is 0 Å². The molecule has 1 aromatic carbocycles. The van der Waals surface area contributed by atoms with Crippen molar-refractivity contribution < 1.29 is 23.6 Å². The smallest absolute Gasteiger partial charge is 0.412 e. The van der Waals surface area contributed by atoms with Gasteiger partial charge < -0.3 is 19.3 Å². The van der Waals surface area contributed by atoms with Gasteiger partial charge in [0.2, 0.25) is 5.91 Å². The van der Waals surface area contributed by atoms with Gasteiger partial charge in [-0.2, -0.15) is 0 Å². The lowest BCUT2D eigenvalue weighted by molar-refractivity contribution is -0.119. The summed E-state index contributed by atoms with van der Waals surface area (Å²) in [5, 5.41) is 10.0. The third-order valence-electron chi connectivity index (χ3n) is 3.89. The number of carbonyl (C=O) groups excluding carboxylic acids is 2. The first-order valence-electron chi connectivity index (χ1n) is 9.67. The predicted octanol–water partition coefficient (Wildman–Crippen LogP) is 5.79. The highest BCUT2D eigenvalue weighted by molar-refractivity contribution is 7.16. The minimum Gasteiger partial charge on any atom is -0.444 e. The highest BCUT2D eigenvalue weighted by Gasteiger charge is 2.18. The summed E-state index contributed by atoms with van der Waals surface area (Å²) in [4.78, 5) is 28.1. The minimum atomic E-state index is -0.616. The van der Waals surface area contributed by atoms with E-state index in [1.165, 1.54) is 18.3 Å². The molecular formula is C21H23ClN4O5S. The molecule has 0 aliphatic heterocycles. The van der Waals surface area contributed by atoms with E-state index in [4.69, 9.17) is 25.6 Å². The van der Waals surface area contributed by atoms with Crippen LogP contribution >= 0.6 is 22.9 Å². The van der Waals surface area contributed by atoms with Crippen LogP contribution in [0.5, 0.6) is 10.9 Å². The van der Waals surface area contributed by atoms with E-state index in [0.717, 1.165) is 4.88 Å². The SMILES string of the molecule is CC(=O)NC(C)c1cc(-c2cnc(Oc3ccc(NC(=O)OC(C)(C)C)c(Cl)c3)s2)no1. The fourth-order valence-electron chi connectivity index (χ4n) is 2.58. The van der Waals surface area contributed by atoms with Crippen molar-refractivity contribution >= 4 is 40.6 Å². The average molecular weight is 479 g/mol. The van der Waals surface area contributed by atoms with Crippen molar-refractivity contribution in [2.75, 3.05) is 5.32 Å². The van der Waals surface area contributed by atoms with Crippen molar-refractivity contribution in [3.63, 3.8) is 0 Å². The third kappa shape index (κ3) is 6.44. The number of nitrogens with one attached hydrogen (secondary N) is 2. The lowest BCUT2D eigenvalue weighted by atomic mass is 10.2. The Morgan fingerprint density at radius 2 is 2.00 bits per heavy atom. The van der Waals surface area contributed by atoms with E-state index in [-0.39, 0.29) is 11.9 Å². The van der Waals surface area contributed by atoms with Gasteiger partial charge >= 0.3 is 6.09 Å². The largest absolute Gasteiger partial charge is 0.444 e. The van der Waals surface area contributed by atoms with Crippen LogP contribution in [-0.4, -0.2) is 27.7 Å². The molecule has 2 aromatic heterocycles. The molecule has 1 atom stereocenters. The predicted molar refractivity (Wildman–Crippen MR) is 121 cm³/mol. The fourth-order valence-corrected chi connectivity index (χ4v) is 3.54.